The van der Waals surface area contributed by atoms with E-state index in [0.717, 1.165) is 18.2 Å². The third-order valence-electron chi connectivity index (χ3n) is 1.77. The first kappa shape index (κ1) is 13.5. The fourth-order valence-corrected chi connectivity index (χ4v) is 2.19. The van der Waals surface area contributed by atoms with E-state index in [1.807, 2.05) is 0 Å². The molecule has 0 spiro atoms. The Kier molecular flexibility index (Phi) is 3.45. The third kappa shape index (κ3) is 3.44. The molecule has 1 aromatic rings. The second-order valence-electron chi connectivity index (χ2n) is 3.04. The van der Waals surface area contributed by atoms with Gasteiger partial charge < -0.3 is 5.73 Å². The van der Waals surface area contributed by atoms with Crippen molar-refractivity contribution in [2.75, 3.05) is 10.5 Å². The Morgan fingerprint density at radius 2 is 1.88 bits per heavy atom. The molecule has 7 nitrogen and oxygen atoms in total. The van der Waals surface area contributed by atoms with Crippen LogP contribution >= 0.6 is 0 Å². The van der Waals surface area contributed by atoms with Gasteiger partial charge >= 0.3 is 0 Å². The number of anilines is 2. The molecule has 4 N–H and O–H groups in total. The summed E-state index contributed by atoms with van der Waals surface area (Å²) >= 11 is 0. The van der Waals surface area contributed by atoms with Crippen LogP contribution in [0.15, 0.2) is 35.1 Å². The maximum atomic E-state index is 11.1. The Morgan fingerprint density at radius 3 is 2.29 bits per heavy atom. The molecule has 0 aromatic heterocycles. The molecule has 9 heteroatoms. The summed E-state index contributed by atoms with van der Waals surface area (Å²) in [5, 5.41) is 0.694. The van der Waals surface area contributed by atoms with Gasteiger partial charge in [-0.25, -0.2) is 8.42 Å². The van der Waals surface area contributed by atoms with Crippen LogP contribution < -0.4 is 10.5 Å². The van der Waals surface area contributed by atoms with Crippen LogP contribution in [0.5, 0.6) is 0 Å². The molecule has 0 bridgehead atoms. The van der Waals surface area contributed by atoms with Crippen molar-refractivity contribution < 1.29 is 21.4 Å². The maximum absolute atomic E-state index is 11.1. The third-order valence-corrected chi connectivity index (χ3v) is 3.65. The van der Waals surface area contributed by atoms with E-state index in [4.69, 9.17) is 10.3 Å². The van der Waals surface area contributed by atoms with E-state index in [-0.39, 0.29) is 11.4 Å². The lowest BCUT2D eigenvalue weighted by Gasteiger charge is -2.07. The van der Waals surface area contributed by atoms with Crippen LogP contribution in [0, 0.1) is 0 Å². The van der Waals surface area contributed by atoms with Gasteiger partial charge in [-0.1, -0.05) is 6.58 Å². The molecule has 0 atom stereocenters. The molecular weight excluding hydrogens is 268 g/mol. The van der Waals surface area contributed by atoms with E-state index < -0.39 is 25.0 Å². The summed E-state index contributed by atoms with van der Waals surface area (Å²) < 4.78 is 54.8. The Labute approximate surface area is 98.8 Å². The van der Waals surface area contributed by atoms with Gasteiger partial charge in [-0.15, -0.1) is 0 Å². The van der Waals surface area contributed by atoms with Crippen molar-refractivity contribution in [3.05, 3.63) is 30.2 Å². The van der Waals surface area contributed by atoms with Gasteiger partial charge in [0.15, 0.2) is 0 Å². The molecular formula is C8H10N2O5S2. The van der Waals surface area contributed by atoms with Crippen molar-refractivity contribution in [1.82, 2.24) is 0 Å². The number of nitrogens with two attached hydrogens (primary N) is 1. The first-order chi connectivity index (χ1) is 7.65. The summed E-state index contributed by atoms with van der Waals surface area (Å²) in [5.74, 6) is 0. The molecule has 94 valence electrons. The SMILES string of the molecule is C=CS(=O)(=O)Nc1ccc(S(=O)(=O)O)c(N)c1. The van der Waals surface area contributed by atoms with Crippen molar-refractivity contribution in [1.29, 1.82) is 0 Å². The van der Waals surface area contributed by atoms with Crippen LogP contribution in [0.4, 0.5) is 11.4 Å². The lowest BCUT2D eigenvalue weighted by Crippen LogP contribution is -2.10. The molecule has 0 aliphatic rings. The fraction of sp³-hybridized carbons (Fsp3) is 0. The fourth-order valence-electron chi connectivity index (χ4n) is 1.05. The number of rotatable bonds is 4. The Hall–Kier alpha value is -1.58. The number of nitrogens with one attached hydrogen (secondary N) is 1. The summed E-state index contributed by atoms with van der Waals surface area (Å²) in [6, 6.07) is 3.22. The first-order valence-electron chi connectivity index (χ1n) is 4.18. The van der Waals surface area contributed by atoms with Crippen molar-refractivity contribution in [2.45, 2.75) is 4.90 Å². The molecule has 1 aromatic carbocycles. The molecule has 0 heterocycles. The smallest absolute Gasteiger partial charge is 0.296 e. The molecule has 17 heavy (non-hydrogen) atoms. The average Bonchev–Trinajstić information content (AvgIpc) is 2.15. The summed E-state index contributed by atoms with van der Waals surface area (Å²) in [5.41, 5.74) is 5.17. The second kappa shape index (κ2) is 4.35. The van der Waals surface area contributed by atoms with E-state index in [0.29, 0.717) is 5.41 Å². The van der Waals surface area contributed by atoms with E-state index in [2.05, 4.69) is 11.3 Å². The number of hydrogen-bond donors (Lipinski definition) is 3. The normalized spacial score (nSPS) is 12.1. The van der Waals surface area contributed by atoms with Crippen molar-refractivity contribution in [3.63, 3.8) is 0 Å². The Bertz CT molecular complexity index is 648. The maximum Gasteiger partial charge on any atom is 0.296 e. The first-order valence-corrected chi connectivity index (χ1v) is 7.16. The largest absolute Gasteiger partial charge is 0.398 e. The summed E-state index contributed by atoms with van der Waals surface area (Å²) in [6.07, 6.45) is 0. The zero-order chi connectivity index (χ0) is 13.3. The molecule has 1 rings (SSSR count). The molecule has 0 radical (unpaired) electrons. The zero-order valence-corrected chi connectivity index (χ0v) is 10.1. The number of benzene rings is 1. The minimum Gasteiger partial charge on any atom is -0.398 e. The lowest BCUT2D eigenvalue weighted by molar-refractivity contribution is 0.483. The highest BCUT2D eigenvalue weighted by Gasteiger charge is 2.14. The molecule has 0 fully saturated rings. The summed E-state index contributed by atoms with van der Waals surface area (Å²) in [6.45, 7) is 3.09. The van der Waals surface area contributed by atoms with Gasteiger partial charge in [0, 0.05) is 5.41 Å². The van der Waals surface area contributed by atoms with Gasteiger partial charge in [0.2, 0.25) is 0 Å². The standard InChI is InChI=1S/C8H10N2O5S2/c1-2-16(11,12)10-6-3-4-8(7(9)5-6)17(13,14)15/h2-5,10H,1,9H2,(H,13,14,15). The molecule has 0 aliphatic carbocycles. The minimum absolute atomic E-state index is 0.0646. The van der Waals surface area contributed by atoms with E-state index >= 15 is 0 Å². The average molecular weight is 278 g/mol. The number of sulfonamides is 1. The molecule has 0 unspecified atom stereocenters. The van der Waals surface area contributed by atoms with Gasteiger partial charge in [-0.05, 0) is 18.2 Å². The quantitative estimate of drug-likeness (QED) is 0.540. The van der Waals surface area contributed by atoms with Crippen LogP contribution in [-0.2, 0) is 20.1 Å². The van der Waals surface area contributed by atoms with Crippen LogP contribution in [-0.4, -0.2) is 21.4 Å². The number of hydrogen-bond acceptors (Lipinski definition) is 5. The van der Waals surface area contributed by atoms with Gasteiger partial charge in [-0.2, -0.15) is 8.42 Å². The highest BCUT2D eigenvalue weighted by atomic mass is 32.2. The van der Waals surface area contributed by atoms with Crippen molar-refractivity contribution >= 4 is 31.5 Å². The molecule has 0 amide bonds. The zero-order valence-electron chi connectivity index (χ0n) is 8.49. The van der Waals surface area contributed by atoms with Crippen molar-refractivity contribution in [2.24, 2.45) is 0 Å². The summed E-state index contributed by atoms with van der Waals surface area (Å²) in [4.78, 5) is -0.487. The second-order valence-corrected chi connectivity index (χ2v) is 6.06. The molecule has 0 aliphatic heterocycles. The van der Waals surface area contributed by atoms with Gasteiger partial charge in [0.1, 0.15) is 4.90 Å². The predicted molar refractivity (Wildman–Crippen MR) is 63.4 cm³/mol. The van der Waals surface area contributed by atoms with Crippen LogP contribution in [0.2, 0.25) is 0 Å². The van der Waals surface area contributed by atoms with E-state index in [1.165, 1.54) is 0 Å². The van der Waals surface area contributed by atoms with Gasteiger partial charge in [-0.3, -0.25) is 9.27 Å². The van der Waals surface area contributed by atoms with Gasteiger partial charge in [0.25, 0.3) is 20.1 Å². The minimum atomic E-state index is -4.42. The van der Waals surface area contributed by atoms with Crippen LogP contribution in [0.1, 0.15) is 0 Å². The van der Waals surface area contributed by atoms with Gasteiger partial charge in [0.05, 0.1) is 11.4 Å². The monoisotopic (exact) mass is 278 g/mol. The topological polar surface area (TPSA) is 127 Å². The van der Waals surface area contributed by atoms with Crippen molar-refractivity contribution in [3.8, 4) is 0 Å². The number of nitrogen functional groups attached to an aromatic ring is 1. The van der Waals surface area contributed by atoms with E-state index in [1.54, 1.807) is 0 Å². The Balaban J connectivity index is 3.19. The molecule has 0 saturated heterocycles. The van der Waals surface area contributed by atoms with Crippen LogP contribution in [0.25, 0.3) is 0 Å². The highest BCUT2D eigenvalue weighted by Crippen LogP contribution is 2.22. The van der Waals surface area contributed by atoms with Crippen LogP contribution in [0.3, 0.4) is 0 Å². The molecule has 0 saturated carbocycles. The Morgan fingerprint density at radius 1 is 1.29 bits per heavy atom. The lowest BCUT2D eigenvalue weighted by atomic mass is 10.3. The highest BCUT2D eigenvalue weighted by molar-refractivity contribution is 7.95. The summed E-state index contributed by atoms with van der Waals surface area (Å²) in [7, 11) is -8.11. The predicted octanol–water partition coefficient (Wildman–Crippen LogP) is 0.401. The van der Waals surface area contributed by atoms with E-state index in [9.17, 15) is 16.8 Å².